The van der Waals surface area contributed by atoms with Gasteiger partial charge in [-0.2, -0.15) is 13.2 Å². The van der Waals surface area contributed by atoms with Gasteiger partial charge < -0.3 is 14.8 Å². The smallest absolute Gasteiger partial charge is 0.381 e. The van der Waals surface area contributed by atoms with Crippen molar-refractivity contribution in [3.8, 4) is 0 Å². The molecule has 1 aromatic carbocycles. The van der Waals surface area contributed by atoms with Crippen LogP contribution in [0.25, 0.3) is 0 Å². The van der Waals surface area contributed by atoms with Crippen molar-refractivity contribution < 1.29 is 27.4 Å². The molecule has 2 rings (SSSR count). The van der Waals surface area contributed by atoms with Crippen molar-refractivity contribution in [1.29, 1.82) is 0 Å². The minimum atomic E-state index is -4.45. The molecule has 7 heteroatoms. The van der Waals surface area contributed by atoms with Gasteiger partial charge in [-0.05, 0) is 24.6 Å². The minimum Gasteiger partial charge on any atom is -0.381 e. The number of carbonyl (C=O) groups is 1. The van der Waals surface area contributed by atoms with Crippen LogP contribution in [0.1, 0.15) is 24.0 Å². The minimum absolute atomic E-state index is 0.141. The first-order valence-electron chi connectivity index (χ1n) is 6.91. The molecule has 1 N–H and O–H groups in total. The third-order valence-electron chi connectivity index (χ3n) is 3.92. The molecule has 4 nitrogen and oxygen atoms in total. The predicted molar refractivity (Wildman–Crippen MR) is 74.6 cm³/mol. The molecular formula is C15H18F3NO3. The summed E-state index contributed by atoms with van der Waals surface area (Å²) in [6, 6.07) is 3.27. The van der Waals surface area contributed by atoms with Crippen molar-refractivity contribution in [3.63, 3.8) is 0 Å². The summed E-state index contributed by atoms with van der Waals surface area (Å²) < 4.78 is 48.9. The molecule has 0 atom stereocenters. The number of methoxy groups -OCH3 is 1. The van der Waals surface area contributed by atoms with Crippen LogP contribution in [0.2, 0.25) is 0 Å². The number of hydrogen-bond donors (Lipinski definition) is 1. The normalized spacial score (nSPS) is 18.0. The van der Waals surface area contributed by atoms with Crippen LogP contribution < -0.4 is 5.32 Å². The number of nitrogens with one attached hydrogen (secondary N) is 1. The Bertz CT molecular complexity index is 551. The first kappa shape index (κ1) is 16.8. The molecule has 0 aromatic heterocycles. The van der Waals surface area contributed by atoms with Crippen LogP contribution in [-0.2, 0) is 20.4 Å². The summed E-state index contributed by atoms with van der Waals surface area (Å²) in [4.78, 5) is 12.5. The van der Waals surface area contributed by atoms with E-state index in [4.69, 9.17) is 9.47 Å². The summed E-state index contributed by atoms with van der Waals surface area (Å²) >= 11 is 0. The van der Waals surface area contributed by atoms with Gasteiger partial charge in [0, 0.05) is 38.9 Å². The fourth-order valence-electron chi connectivity index (χ4n) is 2.39. The Kier molecular flexibility index (Phi) is 4.77. The molecule has 1 heterocycles. The maximum absolute atomic E-state index is 12.8. The number of anilines is 1. The lowest BCUT2D eigenvalue weighted by Gasteiger charge is -2.34. The summed E-state index contributed by atoms with van der Waals surface area (Å²) in [5, 5.41) is 2.56. The largest absolute Gasteiger partial charge is 0.416 e. The Balaban J connectivity index is 2.24. The van der Waals surface area contributed by atoms with E-state index < -0.39 is 23.2 Å². The zero-order chi connectivity index (χ0) is 16.4. The molecule has 0 bridgehead atoms. The highest BCUT2D eigenvalue weighted by atomic mass is 19.4. The van der Waals surface area contributed by atoms with Gasteiger partial charge in [-0.25, -0.2) is 0 Å². The molecular weight excluding hydrogens is 299 g/mol. The van der Waals surface area contributed by atoms with E-state index in [0.29, 0.717) is 31.6 Å². The molecule has 0 aliphatic carbocycles. The van der Waals surface area contributed by atoms with Gasteiger partial charge in [-0.1, -0.05) is 6.07 Å². The topological polar surface area (TPSA) is 47.6 Å². The molecule has 1 fully saturated rings. The standard InChI is InChI=1S/C15H18F3NO3/c1-10-3-4-11(15(16,17)18)9-12(10)19-13(20)14(21-2)5-7-22-8-6-14/h3-4,9H,5-8H2,1-2H3,(H,19,20). The third kappa shape index (κ3) is 3.41. The van der Waals surface area contributed by atoms with Crippen LogP contribution in [0.5, 0.6) is 0 Å². The first-order chi connectivity index (χ1) is 10.3. The molecule has 1 saturated heterocycles. The van der Waals surface area contributed by atoms with Crippen LogP contribution in [0.4, 0.5) is 18.9 Å². The van der Waals surface area contributed by atoms with Gasteiger partial charge in [-0.3, -0.25) is 4.79 Å². The fourth-order valence-corrected chi connectivity index (χ4v) is 2.39. The summed E-state index contributed by atoms with van der Waals surface area (Å²) in [5.74, 6) is -0.444. The third-order valence-corrected chi connectivity index (χ3v) is 3.92. The lowest BCUT2D eigenvalue weighted by atomic mass is 9.92. The van der Waals surface area contributed by atoms with Crippen LogP contribution in [0.15, 0.2) is 18.2 Å². The average Bonchev–Trinajstić information content (AvgIpc) is 2.49. The summed E-state index contributed by atoms with van der Waals surface area (Å²) in [7, 11) is 1.42. The number of alkyl halides is 3. The second-order valence-corrected chi connectivity index (χ2v) is 5.29. The van der Waals surface area contributed by atoms with E-state index in [9.17, 15) is 18.0 Å². The lowest BCUT2D eigenvalue weighted by Crippen LogP contribution is -2.48. The second kappa shape index (κ2) is 6.26. The number of carbonyl (C=O) groups excluding carboxylic acids is 1. The molecule has 22 heavy (non-hydrogen) atoms. The molecule has 122 valence electrons. The Morgan fingerprint density at radius 1 is 1.32 bits per heavy atom. The number of amides is 1. The van der Waals surface area contributed by atoms with Crippen LogP contribution >= 0.6 is 0 Å². The van der Waals surface area contributed by atoms with Gasteiger partial charge in [0.25, 0.3) is 5.91 Å². The molecule has 0 saturated carbocycles. The van der Waals surface area contributed by atoms with Crippen molar-refractivity contribution in [1.82, 2.24) is 0 Å². The Morgan fingerprint density at radius 2 is 1.95 bits per heavy atom. The van der Waals surface area contributed by atoms with Crippen molar-refractivity contribution in [2.24, 2.45) is 0 Å². The number of benzene rings is 1. The molecule has 1 aliphatic rings. The van der Waals surface area contributed by atoms with Crippen LogP contribution in [0, 0.1) is 6.92 Å². The average molecular weight is 317 g/mol. The SMILES string of the molecule is COC1(C(=O)Nc2cc(C(F)(F)F)ccc2C)CCOCC1. The van der Waals surface area contributed by atoms with Crippen molar-refractivity contribution in [2.45, 2.75) is 31.5 Å². The predicted octanol–water partition coefficient (Wildman–Crippen LogP) is 3.15. The van der Waals surface area contributed by atoms with Gasteiger partial charge in [-0.15, -0.1) is 0 Å². The maximum Gasteiger partial charge on any atom is 0.416 e. The fraction of sp³-hybridized carbons (Fsp3) is 0.533. The highest BCUT2D eigenvalue weighted by molar-refractivity contribution is 5.98. The highest BCUT2D eigenvalue weighted by Crippen LogP contribution is 2.33. The maximum atomic E-state index is 12.8. The summed E-state index contributed by atoms with van der Waals surface area (Å²) in [6.07, 6.45) is -3.72. The van der Waals surface area contributed by atoms with Crippen molar-refractivity contribution in [2.75, 3.05) is 25.6 Å². The van der Waals surface area contributed by atoms with Gasteiger partial charge in [0.15, 0.2) is 5.60 Å². The molecule has 0 spiro atoms. The number of hydrogen-bond acceptors (Lipinski definition) is 3. The monoisotopic (exact) mass is 317 g/mol. The second-order valence-electron chi connectivity index (χ2n) is 5.29. The van der Waals surface area contributed by atoms with E-state index in [2.05, 4.69) is 5.32 Å². The number of ether oxygens (including phenoxy) is 2. The van der Waals surface area contributed by atoms with E-state index in [1.54, 1.807) is 6.92 Å². The van der Waals surface area contributed by atoms with Crippen molar-refractivity contribution in [3.05, 3.63) is 29.3 Å². The highest BCUT2D eigenvalue weighted by Gasteiger charge is 2.40. The van der Waals surface area contributed by atoms with Crippen molar-refractivity contribution >= 4 is 11.6 Å². The quantitative estimate of drug-likeness (QED) is 0.931. The Hall–Kier alpha value is -1.60. The van der Waals surface area contributed by atoms with Gasteiger partial charge in [0.05, 0.1) is 5.56 Å². The molecule has 1 amide bonds. The summed E-state index contributed by atoms with van der Waals surface area (Å²) in [6.45, 7) is 2.39. The van der Waals surface area contributed by atoms with E-state index in [-0.39, 0.29) is 5.69 Å². The summed E-state index contributed by atoms with van der Waals surface area (Å²) in [5.41, 5.74) is -1.16. The number of rotatable bonds is 3. The molecule has 0 radical (unpaired) electrons. The van der Waals surface area contributed by atoms with Crippen LogP contribution in [-0.4, -0.2) is 31.8 Å². The van der Waals surface area contributed by atoms with E-state index >= 15 is 0 Å². The zero-order valence-electron chi connectivity index (χ0n) is 12.4. The molecule has 1 aliphatic heterocycles. The zero-order valence-corrected chi connectivity index (χ0v) is 12.4. The number of halogens is 3. The van der Waals surface area contributed by atoms with Gasteiger partial charge >= 0.3 is 6.18 Å². The molecule has 1 aromatic rings. The van der Waals surface area contributed by atoms with E-state index in [1.165, 1.54) is 13.2 Å². The van der Waals surface area contributed by atoms with Crippen LogP contribution in [0.3, 0.4) is 0 Å². The Morgan fingerprint density at radius 3 is 2.50 bits per heavy atom. The van der Waals surface area contributed by atoms with E-state index in [0.717, 1.165) is 12.1 Å². The van der Waals surface area contributed by atoms with E-state index in [1.807, 2.05) is 0 Å². The Labute approximate surface area is 126 Å². The van der Waals surface area contributed by atoms with Gasteiger partial charge in [0.2, 0.25) is 0 Å². The number of aryl methyl sites for hydroxylation is 1. The molecule has 0 unspecified atom stereocenters. The first-order valence-corrected chi connectivity index (χ1v) is 6.91. The lowest BCUT2D eigenvalue weighted by molar-refractivity contribution is -0.149. The van der Waals surface area contributed by atoms with Gasteiger partial charge in [0.1, 0.15) is 0 Å².